The lowest BCUT2D eigenvalue weighted by Crippen LogP contribution is -2.31. The molecule has 108 valence electrons. The van der Waals surface area contributed by atoms with Crippen molar-refractivity contribution in [1.29, 1.82) is 0 Å². The zero-order valence-corrected chi connectivity index (χ0v) is 12.6. The van der Waals surface area contributed by atoms with Crippen LogP contribution >= 0.6 is 0 Å². The van der Waals surface area contributed by atoms with Gasteiger partial charge < -0.3 is 5.32 Å². The molecular weight excluding hydrogens is 258 g/mol. The van der Waals surface area contributed by atoms with Gasteiger partial charge in [-0.05, 0) is 55.9 Å². The molecule has 0 fully saturated rings. The van der Waals surface area contributed by atoms with Crippen molar-refractivity contribution < 1.29 is 4.79 Å². The van der Waals surface area contributed by atoms with Crippen molar-refractivity contribution in [2.45, 2.75) is 39.2 Å². The summed E-state index contributed by atoms with van der Waals surface area (Å²) in [6.07, 6.45) is 3.27. The Morgan fingerprint density at radius 3 is 2.76 bits per heavy atom. The fourth-order valence-electron chi connectivity index (χ4n) is 3.21. The Bertz CT molecular complexity index is 675. The second kappa shape index (κ2) is 5.72. The van der Waals surface area contributed by atoms with Crippen LogP contribution in [0.2, 0.25) is 0 Å². The number of carbonyl (C=O) groups excluding carboxylic acids is 1. The molecule has 2 nitrogen and oxygen atoms in total. The third kappa shape index (κ3) is 2.85. The highest BCUT2D eigenvalue weighted by molar-refractivity contribution is 5.96. The van der Waals surface area contributed by atoms with Gasteiger partial charge in [-0.15, -0.1) is 0 Å². The molecule has 0 saturated carbocycles. The Morgan fingerprint density at radius 2 is 1.95 bits per heavy atom. The first-order chi connectivity index (χ1) is 10.1. The highest BCUT2D eigenvalue weighted by atomic mass is 16.1. The number of fused-ring (bicyclic) bond motifs is 1. The molecule has 2 aromatic carbocycles. The van der Waals surface area contributed by atoms with Gasteiger partial charge in [0, 0.05) is 5.56 Å². The summed E-state index contributed by atoms with van der Waals surface area (Å²) in [5, 5.41) is 3.21. The molecule has 1 amide bonds. The molecular formula is C19H21NO. The van der Waals surface area contributed by atoms with Gasteiger partial charge in [-0.2, -0.15) is 0 Å². The Balaban J connectivity index is 1.83. The molecule has 1 unspecified atom stereocenters. The minimum Gasteiger partial charge on any atom is -0.345 e. The maximum atomic E-state index is 12.5. The summed E-state index contributed by atoms with van der Waals surface area (Å²) in [5.74, 6) is 0.0363. The van der Waals surface area contributed by atoms with Crippen LogP contribution in [0.3, 0.4) is 0 Å². The Kier molecular flexibility index (Phi) is 3.78. The third-order valence-electron chi connectivity index (χ3n) is 4.30. The predicted molar refractivity (Wildman–Crippen MR) is 85.5 cm³/mol. The van der Waals surface area contributed by atoms with Gasteiger partial charge in [-0.1, -0.05) is 42.0 Å². The lowest BCUT2D eigenvalue weighted by molar-refractivity contribution is 0.0932. The molecule has 1 aliphatic rings. The smallest absolute Gasteiger partial charge is 0.252 e. The molecule has 2 aromatic rings. The Morgan fingerprint density at radius 1 is 1.14 bits per heavy atom. The molecule has 21 heavy (non-hydrogen) atoms. The van der Waals surface area contributed by atoms with Gasteiger partial charge in [-0.3, -0.25) is 4.79 Å². The van der Waals surface area contributed by atoms with Gasteiger partial charge in [0.05, 0.1) is 6.04 Å². The average Bonchev–Trinajstić information content (AvgIpc) is 2.47. The van der Waals surface area contributed by atoms with Crippen molar-refractivity contribution in [2.75, 3.05) is 0 Å². The largest absolute Gasteiger partial charge is 0.345 e. The van der Waals surface area contributed by atoms with Gasteiger partial charge in [0.25, 0.3) is 5.91 Å². The molecule has 2 heteroatoms. The van der Waals surface area contributed by atoms with E-state index in [1.54, 1.807) is 0 Å². The Hall–Kier alpha value is -2.09. The normalized spacial score (nSPS) is 17.1. The van der Waals surface area contributed by atoms with Crippen LogP contribution in [0.25, 0.3) is 0 Å². The van der Waals surface area contributed by atoms with Crippen LogP contribution in [-0.4, -0.2) is 5.91 Å². The molecule has 1 N–H and O–H groups in total. The van der Waals surface area contributed by atoms with Gasteiger partial charge in [0.2, 0.25) is 0 Å². The van der Waals surface area contributed by atoms with E-state index in [-0.39, 0.29) is 11.9 Å². The minimum atomic E-state index is 0.0363. The Labute approximate surface area is 126 Å². The van der Waals surface area contributed by atoms with Crippen molar-refractivity contribution >= 4 is 5.91 Å². The van der Waals surface area contributed by atoms with E-state index in [0.29, 0.717) is 0 Å². The van der Waals surface area contributed by atoms with Crippen LogP contribution in [0.4, 0.5) is 0 Å². The van der Waals surface area contributed by atoms with Crippen molar-refractivity contribution in [1.82, 2.24) is 5.32 Å². The van der Waals surface area contributed by atoms with E-state index < -0.39 is 0 Å². The predicted octanol–water partition coefficient (Wildman–Crippen LogP) is 4.11. The summed E-state index contributed by atoms with van der Waals surface area (Å²) >= 11 is 0. The number of amides is 1. The SMILES string of the molecule is Cc1ccc(C(=O)NC2CCCc3ccccc32)c(C)c1. The van der Waals surface area contributed by atoms with Gasteiger partial charge in [0.15, 0.2) is 0 Å². The first-order valence-electron chi connectivity index (χ1n) is 7.61. The molecule has 3 rings (SSSR count). The van der Waals surface area contributed by atoms with E-state index in [9.17, 15) is 4.79 Å². The van der Waals surface area contributed by atoms with E-state index in [1.165, 1.54) is 16.7 Å². The third-order valence-corrected chi connectivity index (χ3v) is 4.30. The van der Waals surface area contributed by atoms with Crippen LogP contribution in [0.1, 0.15) is 51.5 Å². The molecule has 0 radical (unpaired) electrons. The second-order valence-corrected chi connectivity index (χ2v) is 5.94. The van der Waals surface area contributed by atoms with E-state index >= 15 is 0 Å². The molecule has 0 aliphatic heterocycles. The van der Waals surface area contributed by atoms with Crippen molar-refractivity contribution in [3.8, 4) is 0 Å². The second-order valence-electron chi connectivity index (χ2n) is 5.94. The summed E-state index contributed by atoms with van der Waals surface area (Å²) < 4.78 is 0. The lowest BCUT2D eigenvalue weighted by Gasteiger charge is -2.26. The van der Waals surface area contributed by atoms with Crippen molar-refractivity contribution in [2.24, 2.45) is 0 Å². The molecule has 0 heterocycles. The highest BCUT2D eigenvalue weighted by Gasteiger charge is 2.22. The number of rotatable bonds is 2. The standard InChI is InChI=1S/C19H21NO/c1-13-10-11-16(14(2)12-13)19(21)20-18-9-5-7-15-6-3-4-8-17(15)18/h3-4,6,8,10-12,18H,5,7,9H2,1-2H3,(H,20,21). The summed E-state index contributed by atoms with van der Waals surface area (Å²) in [6.45, 7) is 4.04. The number of aryl methyl sites for hydroxylation is 3. The fraction of sp³-hybridized carbons (Fsp3) is 0.316. The van der Waals surface area contributed by atoms with Gasteiger partial charge in [-0.25, -0.2) is 0 Å². The molecule has 0 aromatic heterocycles. The number of nitrogens with one attached hydrogen (secondary N) is 1. The van der Waals surface area contributed by atoms with E-state index in [1.807, 2.05) is 26.0 Å². The van der Waals surface area contributed by atoms with E-state index in [2.05, 4.69) is 35.6 Å². The zero-order chi connectivity index (χ0) is 14.8. The van der Waals surface area contributed by atoms with Crippen LogP contribution < -0.4 is 5.32 Å². The van der Waals surface area contributed by atoms with Crippen LogP contribution in [0.5, 0.6) is 0 Å². The number of hydrogen-bond acceptors (Lipinski definition) is 1. The molecule has 1 aliphatic carbocycles. The van der Waals surface area contributed by atoms with Crippen molar-refractivity contribution in [3.63, 3.8) is 0 Å². The maximum absolute atomic E-state index is 12.5. The zero-order valence-electron chi connectivity index (χ0n) is 12.6. The van der Waals surface area contributed by atoms with Crippen LogP contribution in [-0.2, 0) is 6.42 Å². The minimum absolute atomic E-state index is 0.0363. The molecule has 0 spiro atoms. The first-order valence-corrected chi connectivity index (χ1v) is 7.61. The van der Waals surface area contributed by atoms with Crippen molar-refractivity contribution in [3.05, 3.63) is 70.3 Å². The summed E-state index contributed by atoms with van der Waals surface area (Å²) in [7, 11) is 0. The number of carbonyl (C=O) groups is 1. The highest BCUT2D eigenvalue weighted by Crippen LogP contribution is 2.29. The number of hydrogen-bond donors (Lipinski definition) is 1. The van der Waals surface area contributed by atoms with Gasteiger partial charge >= 0.3 is 0 Å². The van der Waals surface area contributed by atoms with E-state index in [4.69, 9.17) is 0 Å². The van der Waals surface area contributed by atoms with Crippen LogP contribution in [0, 0.1) is 13.8 Å². The van der Waals surface area contributed by atoms with Gasteiger partial charge in [0.1, 0.15) is 0 Å². The maximum Gasteiger partial charge on any atom is 0.252 e. The molecule has 0 bridgehead atoms. The fourth-order valence-corrected chi connectivity index (χ4v) is 3.21. The summed E-state index contributed by atoms with van der Waals surface area (Å²) in [5.41, 5.74) is 5.66. The average molecular weight is 279 g/mol. The first kappa shape index (κ1) is 13.9. The molecule has 0 saturated heterocycles. The summed E-state index contributed by atoms with van der Waals surface area (Å²) in [4.78, 5) is 12.5. The summed E-state index contributed by atoms with van der Waals surface area (Å²) in [6, 6.07) is 14.6. The monoisotopic (exact) mass is 279 g/mol. The number of benzene rings is 2. The quantitative estimate of drug-likeness (QED) is 0.880. The van der Waals surface area contributed by atoms with Crippen LogP contribution in [0.15, 0.2) is 42.5 Å². The lowest BCUT2D eigenvalue weighted by atomic mass is 9.87. The molecule has 1 atom stereocenters. The topological polar surface area (TPSA) is 29.1 Å². The van der Waals surface area contributed by atoms with E-state index in [0.717, 1.165) is 30.4 Å².